The van der Waals surface area contributed by atoms with Gasteiger partial charge in [0.2, 0.25) is 0 Å². The molecule has 0 radical (unpaired) electrons. The molecule has 4 rings (SSSR count). The summed E-state index contributed by atoms with van der Waals surface area (Å²) >= 11 is 0. The largest absolute Gasteiger partial charge is 0.384 e. The number of hydrogen-bond donors (Lipinski definition) is 1. The van der Waals surface area contributed by atoms with Crippen molar-refractivity contribution in [2.45, 2.75) is 45.1 Å². The van der Waals surface area contributed by atoms with Crippen LogP contribution in [0.3, 0.4) is 0 Å². The number of ketones is 2. The topological polar surface area (TPSA) is 54.4 Å². The van der Waals surface area contributed by atoms with E-state index in [1.807, 2.05) is 19.1 Å². The van der Waals surface area contributed by atoms with Crippen LogP contribution in [0.5, 0.6) is 0 Å². The first-order valence-corrected chi connectivity index (χ1v) is 8.20. The molecule has 22 heavy (non-hydrogen) atoms. The zero-order valence-corrected chi connectivity index (χ0v) is 13.1. The van der Waals surface area contributed by atoms with E-state index in [1.165, 1.54) is 0 Å². The zero-order valence-electron chi connectivity index (χ0n) is 13.1. The Balaban J connectivity index is 1.84. The van der Waals surface area contributed by atoms with Crippen LogP contribution in [0.15, 0.2) is 36.0 Å². The molecule has 116 valence electrons. The summed E-state index contributed by atoms with van der Waals surface area (Å²) in [7, 11) is 0. The quantitative estimate of drug-likeness (QED) is 0.748. The van der Waals surface area contributed by atoms with E-state index in [0.717, 1.165) is 18.4 Å². The smallest absolute Gasteiger partial charge is 0.164 e. The lowest BCUT2D eigenvalue weighted by atomic mass is 9.48. The molecule has 0 spiro atoms. The highest BCUT2D eigenvalue weighted by atomic mass is 16.3. The van der Waals surface area contributed by atoms with Crippen LogP contribution in [0.4, 0.5) is 0 Å². The van der Waals surface area contributed by atoms with Gasteiger partial charge in [0, 0.05) is 12.3 Å². The Hall–Kier alpha value is -1.48. The molecule has 5 unspecified atom stereocenters. The molecule has 5 atom stereocenters. The fourth-order valence-electron chi connectivity index (χ4n) is 5.28. The van der Waals surface area contributed by atoms with Gasteiger partial charge in [-0.25, -0.2) is 0 Å². The molecule has 1 fully saturated rings. The van der Waals surface area contributed by atoms with Crippen LogP contribution in [0.2, 0.25) is 0 Å². The highest BCUT2D eigenvalue weighted by Gasteiger charge is 2.64. The lowest BCUT2D eigenvalue weighted by Gasteiger charge is -2.57. The van der Waals surface area contributed by atoms with E-state index >= 15 is 0 Å². The second kappa shape index (κ2) is 4.08. The second-order valence-corrected chi connectivity index (χ2v) is 7.87. The van der Waals surface area contributed by atoms with Gasteiger partial charge in [-0.05, 0) is 61.3 Å². The Labute approximate surface area is 130 Å². The average Bonchev–Trinajstić information content (AvgIpc) is 2.72. The monoisotopic (exact) mass is 298 g/mol. The molecule has 0 aromatic rings. The minimum Gasteiger partial charge on any atom is -0.384 e. The van der Waals surface area contributed by atoms with Gasteiger partial charge in [-0.2, -0.15) is 0 Å². The number of fused-ring (bicyclic) bond motifs is 5. The molecule has 0 amide bonds. The molecular formula is C19H22O3. The van der Waals surface area contributed by atoms with Crippen LogP contribution < -0.4 is 0 Å². The first-order chi connectivity index (χ1) is 10.3. The maximum Gasteiger partial charge on any atom is 0.164 e. The summed E-state index contributed by atoms with van der Waals surface area (Å²) in [5.41, 5.74) is -0.741. The Morgan fingerprint density at radius 3 is 2.73 bits per heavy atom. The van der Waals surface area contributed by atoms with Crippen LogP contribution in [0, 0.1) is 22.7 Å². The van der Waals surface area contributed by atoms with Gasteiger partial charge < -0.3 is 5.11 Å². The average molecular weight is 298 g/mol. The molecule has 0 aromatic heterocycles. The van der Waals surface area contributed by atoms with Crippen LogP contribution in [-0.2, 0) is 9.59 Å². The van der Waals surface area contributed by atoms with Crippen molar-refractivity contribution >= 4 is 11.6 Å². The van der Waals surface area contributed by atoms with E-state index in [4.69, 9.17) is 0 Å². The maximum absolute atomic E-state index is 12.3. The molecule has 0 aliphatic heterocycles. The number of aliphatic hydroxyl groups is 1. The highest BCUT2D eigenvalue weighted by Crippen LogP contribution is 2.62. The molecule has 3 nitrogen and oxygen atoms in total. The molecule has 0 saturated heterocycles. The van der Waals surface area contributed by atoms with Gasteiger partial charge in [-0.3, -0.25) is 9.59 Å². The fraction of sp³-hybridized carbons (Fsp3) is 0.579. The van der Waals surface area contributed by atoms with Crippen molar-refractivity contribution in [2.75, 3.05) is 0 Å². The third-order valence-corrected chi connectivity index (χ3v) is 6.98. The summed E-state index contributed by atoms with van der Waals surface area (Å²) in [5, 5.41) is 11.3. The van der Waals surface area contributed by atoms with Gasteiger partial charge >= 0.3 is 0 Å². The van der Waals surface area contributed by atoms with Crippen LogP contribution in [-0.4, -0.2) is 22.3 Å². The van der Waals surface area contributed by atoms with E-state index in [0.29, 0.717) is 12.8 Å². The minimum absolute atomic E-state index is 0.0483. The number of carbonyl (C=O) groups excluding carboxylic acids is 2. The van der Waals surface area contributed by atoms with Crippen LogP contribution in [0.1, 0.15) is 39.5 Å². The van der Waals surface area contributed by atoms with E-state index in [-0.39, 0.29) is 28.8 Å². The third-order valence-electron chi connectivity index (χ3n) is 6.98. The summed E-state index contributed by atoms with van der Waals surface area (Å²) in [6.45, 7) is 4.12. The number of allylic oxidation sites excluding steroid dienone is 4. The first kappa shape index (κ1) is 14.1. The van der Waals surface area contributed by atoms with Gasteiger partial charge in [0.25, 0.3) is 0 Å². The second-order valence-electron chi connectivity index (χ2n) is 7.87. The van der Waals surface area contributed by atoms with Crippen molar-refractivity contribution in [1.29, 1.82) is 0 Å². The third kappa shape index (κ3) is 1.45. The first-order valence-electron chi connectivity index (χ1n) is 8.20. The number of carbonyl (C=O) groups is 2. The van der Waals surface area contributed by atoms with Crippen LogP contribution >= 0.6 is 0 Å². The van der Waals surface area contributed by atoms with Crippen molar-refractivity contribution in [3.63, 3.8) is 0 Å². The summed E-state index contributed by atoms with van der Waals surface area (Å²) in [6, 6.07) is 0. The van der Waals surface area contributed by atoms with Gasteiger partial charge in [-0.15, -0.1) is 0 Å². The molecule has 0 aromatic carbocycles. The van der Waals surface area contributed by atoms with Gasteiger partial charge in [0.15, 0.2) is 11.6 Å². The van der Waals surface area contributed by atoms with Gasteiger partial charge in [0.05, 0.1) is 5.41 Å². The maximum atomic E-state index is 12.3. The van der Waals surface area contributed by atoms with E-state index in [9.17, 15) is 14.7 Å². The van der Waals surface area contributed by atoms with Gasteiger partial charge in [-0.1, -0.05) is 19.1 Å². The van der Waals surface area contributed by atoms with E-state index < -0.39 is 11.0 Å². The minimum atomic E-state index is -1.08. The fourth-order valence-corrected chi connectivity index (χ4v) is 5.28. The lowest BCUT2D eigenvalue weighted by Crippen LogP contribution is -2.59. The number of hydrogen-bond acceptors (Lipinski definition) is 3. The van der Waals surface area contributed by atoms with Crippen molar-refractivity contribution in [1.82, 2.24) is 0 Å². The van der Waals surface area contributed by atoms with Crippen molar-refractivity contribution in [3.8, 4) is 0 Å². The van der Waals surface area contributed by atoms with Crippen molar-refractivity contribution < 1.29 is 14.7 Å². The molecule has 3 heteroatoms. The SMILES string of the molecule is CC12CCC(=O)C=C1C=CC1C2CCC2(C)C(=O)C=CC12O. The molecule has 1 saturated carbocycles. The summed E-state index contributed by atoms with van der Waals surface area (Å²) in [6.07, 6.45) is 12.2. The Morgan fingerprint density at radius 2 is 1.95 bits per heavy atom. The van der Waals surface area contributed by atoms with E-state index in [1.54, 1.807) is 18.2 Å². The summed E-state index contributed by atoms with van der Waals surface area (Å²) in [4.78, 5) is 24.0. The standard InChI is InChI=1S/C19H22O3/c1-17-8-5-13(20)11-12(17)3-4-15-14(17)6-9-18(2)16(21)7-10-19(15,18)22/h3-4,7,10-11,14-15,22H,5-6,8-9H2,1-2H3. The van der Waals surface area contributed by atoms with E-state index in [2.05, 4.69) is 6.92 Å². The van der Waals surface area contributed by atoms with Crippen LogP contribution in [0.25, 0.3) is 0 Å². The normalized spacial score (nSPS) is 49.5. The number of rotatable bonds is 0. The van der Waals surface area contributed by atoms with Gasteiger partial charge in [0.1, 0.15) is 5.60 Å². The lowest BCUT2D eigenvalue weighted by molar-refractivity contribution is -0.153. The predicted octanol–water partition coefficient (Wildman–Crippen LogP) is 2.75. The Bertz CT molecular complexity index is 670. The zero-order chi connectivity index (χ0) is 15.8. The summed E-state index contributed by atoms with van der Waals surface area (Å²) in [5.74, 6) is 0.479. The molecule has 0 bridgehead atoms. The molecule has 4 aliphatic rings. The predicted molar refractivity (Wildman–Crippen MR) is 83.0 cm³/mol. The summed E-state index contributed by atoms with van der Waals surface area (Å²) < 4.78 is 0. The molecular weight excluding hydrogens is 276 g/mol. The Kier molecular flexibility index (Phi) is 2.62. The Morgan fingerprint density at radius 1 is 1.18 bits per heavy atom. The molecule has 0 heterocycles. The molecule has 1 N–H and O–H groups in total. The highest BCUT2D eigenvalue weighted by molar-refractivity contribution is 5.99. The van der Waals surface area contributed by atoms with Crippen molar-refractivity contribution in [2.24, 2.45) is 22.7 Å². The molecule has 4 aliphatic carbocycles. The van der Waals surface area contributed by atoms with Crippen molar-refractivity contribution in [3.05, 3.63) is 36.0 Å².